The zero-order valence-corrected chi connectivity index (χ0v) is 19.8. The molecule has 0 bridgehead atoms. The average Bonchev–Trinajstić information content (AvgIpc) is 2.78. The largest absolute Gasteiger partial charge is 0.488 e. The van der Waals surface area contributed by atoms with Crippen molar-refractivity contribution in [3.63, 3.8) is 0 Å². The Bertz CT molecular complexity index is 903. The minimum Gasteiger partial charge on any atom is -0.488 e. The third-order valence-corrected chi connectivity index (χ3v) is 6.74. The molecule has 0 N–H and O–H groups in total. The van der Waals surface area contributed by atoms with Crippen molar-refractivity contribution in [3.8, 4) is 5.75 Å². The first-order valence-electron chi connectivity index (χ1n) is 11.6. The number of benzene rings is 2. The van der Waals surface area contributed by atoms with E-state index in [1.807, 2.05) is 53.4 Å². The fraction of sp³-hybridized carbons (Fsp3) is 0.500. The van der Waals surface area contributed by atoms with Crippen molar-refractivity contribution in [3.05, 3.63) is 64.7 Å². The van der Waals surface area contributed by atoms with Crippen molar-refractivity contribution >= 4 is 17.5 Å². The molecule has 172 valence electrons. The Hall–Kier alpha value is -2.08. The highest BCUT2D eigenvalue weighted by molar-refractivity contribution is 6.31. The zero-order chi connectivity index (χ0) is 22.5. The van der Waals surface area contributed by atoms with Crippen LogP contribution in [-0.2, 0) is 11.3 Å². The standard InChI is InChI=1S/C26H33ClN2O3/c1-19-15-28(16-20(2)32-19)17-21-11-13-29(14-12-21)26(30)23-8-4-6-10-25(23)31-18-22-7-3-5-9-24(22)27/h3-10,19-21H,11-18H2,1-2H3. The molecule has 0 saturated carbocycles. The highest BCUT2D eigenvalue weighted by atomic mass is 35.5. The summed E-state index contributed by atoms with van der Waals surface area (Å²) in [6.45, 7) is 9.30. The molecule has 0 radical (unpaired) electrons. The summed E-state index contributed by atoms with van der Waals surface area (Å²) in [6.07, 6.45) is 2.66. The van der Waals surface area contributed by atoms with Crippen molar-refractivity contribution in [2.45, 2.75) is 45.5 Å². The minimum absolute atomic E-state index is 0.0480. The Morgan fingerprint density at radius 3 is 2.41 bits per heavy atom. The number of piperidine rings is 1. The summed E-state index contributed by atoms with van der Waals surface area (Å²) >= 11 is 6.25. The fourth-order valence-corrected chi connectivity index (χ4v) is 5.02. The molecule has 0 aliphatic carbocycles. The van der Waals surface area contributed by atoms with Gasteiger partial charge >= 0.3 is 0 Å². The number of halogens is 1. The normalized spacial score (nSPS) is 22.7. The maximum Gasteiger partial charge on any atom is 0.257 e. The van der Waals surface area contributed by atoms with Crippen LogP contribution in [0.3, 0.4) is 0 Å². The van der Waals surface area contributed by atoms with Crippen molar-refractivity contribution < 1.29 is 14.3 Å². The van der Waals surface area contributed by atoms with Gasteiger partial charge in [0, 0.05) is 43.3 Å². The first-order valence-corrected chi connectivity index (χ1v) is 12.0. The molecule has 5 nitrogen and oxygen atoms in total. The van der Waals surface area contributed by atoms with Crippen LogP contribution < -0.4 is 4.74 Å². The maximum atomic E-state index is 13.3. The summed E-state index contributed by atoms with van der Waals surface area (Å²) in [5.74, 6) is 1.28. The predicted molar refractivity (Wildman–Crippen MR) is 127 cm³/mol. The van der Waals surface area contributed by atoms with Gasteiger partial charge in [-0.15, -0.1) is 0 Å². The van der Waals surface area contributed by atoms with Gasteiger partial charge in [-0.25, -0.2) is 0 Å². The number of likely N-dealkylation sites (tertiary alicyclic amines) is 1. The van der Waals surface area contributed by atoms with E-state index in [-0.39, 0.29) is 5.91 Å². The summed E-state index contributed by atoms with van der Waals surface area (Å²) in [7, 11) is 0. The van der Waals surface area contributed by atoms with Crippen LogP contribution in [-0.4, -0.2) is 60.6 Å². The molecule has 2 heterocycles. The van der Waals surface area contributed by atoms with Gasteiger partial charge in [-0.1, -0.05) is 41.9 Å². The van der Waals surface area contributed by atoms with E-state index in [9.17, 15) is 4.79 Å². The Labute approximate surface area is 196 Å². The summed E-state index contributed by atoms with van der Waals surface area (Å²) in [5, 5.41) is 0.669. The van der Waals surface area contributed by atoms with Gasteiger partial charge in [-0.2, -0.15) is 0 Å². The Morgan fingerprint density at radius 1 is 1.03 bits per heavy atom. The van der Waals surface area contributed by atoms with Gasteiger partial charge in [0.25, 0.3) is 5.91 Å². The van der Waals surface area contributed by atoms with Crippen LogP contribution in [0.1, 0.15) is 42.6 Å². The minimum atomic E-state index is 0.0480. The number of hydrogen-bond acceptors (Lipinski definition) is 4. The summed E-state index contributed by atoms with van der Waals surface area (Å²) < 4.78 is 11.9. The molecular weight excluding hydrogens is 424 g/mol. The summed E-state index contributed by atoms with van der Waals surface area (Å²) in [5.41, 5.74) is 1.53. The van der Waals surface area contributed by atoms with E-state index < -0.39 is 0 Å². The Balaban J connectivity index is 1.33. The second kappa shape index (κ2) is 10.7. The second-order valence-corrected chi connectivity index (χ2v) is 9.49. The Morgan fingerprint density at radius 2 is 1.69 bits per heavy atom. The monoisotopic (exact) mass is 456 g/mol. The number of morpholine rings is 1. The SMILES string of the molecule is CC1CN(CC2CCN(C(=O)c3ccccc3OCc3ccccc3Cl)CC2)CC(C)O1. The number of hydrogen-bond donors (Lipinski definition) is 0. The van der Waals surface area contributed by atoms with Gasteiger partial charge in [-0.05, 0) is 50.8 Å². The van der Waals surface area contributed by atoms with Crippen LogP contribution >= 0.6 is 11.6 Å². The predicted octanol–water partition coefficient (Wildman–Crippen LogP) is 4.88. The highest BCUT2D eigenvalue weighted by Crippen LogP contribution is 2.26. The number of para-hydroxylation sites is 1. The first kappa shape index (κ1) is 23.1. The van der Waals surface area contributed by atoms with E-state index in [2.05, 4.69) is 18.7 Å². The third-order valence-electron chi connectivity index (χ3n) is 6.37. The van der Waals surface area contributed by atoms with Gasteiger partial charge in [0.05, 0.1) is 17.8 Å². The average molecular weight is 457 g/mol. The van der Waals surface area contributed by atoms with Gasteiger partial charge in [-0.3, -0.25) is 9.69 Å². The molecule has 32 heavy (non-hydrogen) atoms. The molecule has 1 amide bonds. The van der Waals surface area contributed by atoms with Crippen molar-refractivity contribution in [2.75, 3.05) is 32.7 Å². The molecule has 2 aliphatic heterocycles. The van der Waals surface area contributed by atoms with Crippen LogP contribution in [0.5, 0.6) is 5.75 Å². The molecule has 2 aromatic rings. The van der Waals surface area contributed by atoms with E-state index >= 15 is 0 Å². The maximum absolute atomic E-state index is 13.3. The molecule has 0 aromatic heterocycles. The number of carbonyl (C=O) groups excluding carboxylic acids is 1. The molecule has 4 rings (SSSR count). The molecule has 2 fully saturated rings. The van der Waals surface area contributed by atoms with Crippen molar-refractivity contribution in [2.24, 2.45) is 5.92 Å². The lowest BCUT2D eigenvalue weighted by atomic mass is 9.95. The number of carbonyl (C=O) groups is 1. The lowest BCUT2D eigenvalue weighted by Gasteiger charge is -2.39. The lowest BCUT2D eigenvalue weighted by molar-refractivity contribution is -0.0728. The molecule has 2 saturated heterocycles. The number of nitrogens with zero attached hydrogens (tertiary/aromatic N) is 2. The third kappa shape index (κ3) is 5.83. The van der Waals surface area contributed by atoms with Crippen LogP contribution in [0, 0.1) is 5.92 Å². The van der Waals surface area contributed by atoms with Crippen molar-refractivity contribution in [1.82, 2.24) is 9.80 Å². The molecule has 2 aliphatic rings. The molecule has 0 spiro atoms. The van der Waals surface area contributed by atoms with E-state index in [0.29, 0.717) is 41.1 Å². The Kier molecular flexibility index (Phi) is 7.71. The van der Waals surface area contributed by atoms with E-state index in [1.54, 1.807) is 0 Å². The van der Waals surface area contributed by atoms with Crippen LogP contribution in [0.4, 0.5) is 0 Å². The van der Waals surface area contributed by atoms with E-state index in [0.717, 1.165) is 51.1 Å². The fourth-order valence-electron chi connectivity index (χ4n) is 4.83. The summed E-state index contributed by atoms with van der Waals surface area (Å²) in [4.78, 5) is 17.8. The molecule has 2 aromatic carbocycles. The number of amides is 1. The quantitative estimate of drug-likeness (QED) is 0.621. The van der Waals surface area contributed by atoms with Crippen LogP contribution in [0.15, 0.2) is 48.5 Å². The van der Waals surface area contributed by atoms with Crippen LogP contribution in [0.2, 0.25) is 5.02 Å². The van der Waals surface area contributed by atoms with Gasteiger partial charge in [0.15, 0.2) is 0 Å². The number of ether oxygens (including phenoxy) is 2. The van der Waals surface area contributed by atoms with Gasteiger partial charge < -0.3 is 14.4 Å². The van der Waals surface area contributed by atoms with Crippen LogP contribution in [0.25, 0.3) is 0 Å². The lowest BCUT2D eigenvalue weighted by Crippen LogP contribution is -2.48. The molecule has 2 atom stereocenters. The molecule has 2 unspecified atom stereocenters. The smallest absolute Gasteiger partial charge is 0.257 e. The van der Waals surface area contributed by atoms with Gasteiger partial charge in [0.2, 0.25) is 0 Å². The second-order valence-electron chi connectivity index (χ2n) is 9.09. The topological polar surface area (TPSA) is 42.0 Å². The summed E-state index contributed by atoms with van der Waals surface area (Å²) in [6, 6.07) is 15.1. The highest BCUT2D eigenvalue weighted by Gasteiger charge is 2.29. The zero-order valence-electron chi connectivity index (χ0n) is 19.0. The first-order chi connectivity index (χ1) is 15.5. The van der Waals surface area contributed by atoms with Crippen molar-refractivity contribution in [1.29, 1.82) is 0 Å². The molecular formula is C26H33ClN2O3. The molecule has 6 heteroatoms. The van der Waals surface area contributed by atoms with Gasteiger partial charge in [0.1, 0.15) is 12.4 Å². The van der Waals surface area contributed by atoms with E-state index in [4.69, 9.17) is 21.1 Å². The number of rotatable bonds is 6. The van der Waals surface area contributed by atoms with E-state index in [1.165, 1.54) is 0 Å².